The van der Waals surface area contributed by atoms with Crippen molar-refractivity contribution in [3.8, 4) is 5.75 Å². The van der Waals surface area contributed by atoms with E-state index in [9.17, 15) is 14.7 Å². The Morgan fingerprint density at radius 3 is 2.55 bits per heavy atom. The smallest absolute Gasteiger partial charge is 0.264 e. The van der Waals surface area contributed by atoms with Crippen molar-refractivity contribution in [3.05, 3.63) is 85.7 Å². The van der Waals surface area contributed by atoms with Gasteiger partial charge >= 0.3 is 0 Å². The number of halogens is 2. The van der Waals surface area contributed by atoms with Gasteiger partial charge in [-0.2, -0.15) is 0 Å². The number of amides is 1. The van der Waals surface area contributed by atoms with Crippen LogP contribution in [0.1, 0.15) is 15.9 Å². The van der Waals surface area contributed by atoms with Crippen LogP contribution >= 0.6 is 34.5 Å². The molecule has 146 valence electrons. The topological polar surface area (TPSA) is 84.2 Å². The number of nitrogens with one attached hydrogen (secondary N) is 1. The van der Waals surface area contributed by atoms with E-state index < -0.39 is 5.91 Å². The minimum absolute atomic E-state index is 0.0373. The molecule has 0 radical (unpaired) electrons. The maximum absolute atomic E-state index is 13.0. The predicted molar refractivity (Wildman–Crippen MR) is 116 cm³/mol. The number of thiophene rings is 1. The van der Waals surface area contributed by atoms with Crippen molar-refractivity contribution in [2.75, 3.05) is 5.32 Å². The highest BCUT2D eigenvalue weighted by atomic mass is 35.5. The van der Waals surface area contributed by atoms with Crippen LogP contribution in [0.3, 0.4) is 0 Å². The average Bonchev–Trinajstić information content (AvgIpc) is 3.12. The first-order valence-corrected chi connectivity index (χ1v) is 10.1. The van der Waals surface area contributed by atoms with Crippen LogP contribution in [-0.2, 0) is 6.54 Å². The SMILES string of the molecule is O=C(Nc1csc2ncn(Cc3ccccc3)c(=O)c12)c1cc(Cl)c(O)c(Cl)c1. The van der Waals surface area contributed by atoms with E-state index in [1.54, 1.807) is 5.38 Å². The number of aromatic nitrogens is 2. The summed E-state index contributed by atoms with van der Waals surface area (Å²) in [5.41, 5.74) is 1.22. The predicted octanol–water partition coefficient (Wildman–Crippen LogP) is 4.77. The second-order valence-corrected chi connectivity index (χ2v) is 7.91. The Hall–Kier alpha value is -2.87. The molecule has 0 saturated heterocycles. The highest BCUT2D eigenvalue weighted by Gasteiger charge is 2.17. The lowest BCUT2D eigenvalue weighted by Gasteiger charge is -2.08. The van der Waals surface area contributed by atoms with Crippen molar-refractivity contribution in [2.24, 2.45) is 0 Å². The lowest BCUT2D eigenvalue weighted by Crippen LogP contribution is -2.22. The molecule has 2 N–H and O–H groups in total. The maximum Gasteiger partial charge on any atom is 0.264 e. The Morgan fingerprint density at radius 1 is 1.17 bits per heavy atom. The van der Waals surface area contributed by atoms with E-state index in [1.165, 1.54) is 34.4 Å². The van der Waals surface area contributed by atoms with Crippen LogP contribution in [0.25, 0.3) is 10.2 Å². The third-order valence-electron chi connectivity index (χ3n) is 4.28. The second kappa shape index (κ2) is 7.87. The molecule has 2 heterocycles. The van der Waals surface area contributed by atoms with E-state index in [-0.39, 0.29) is 26.9 Å². The fraction of sp³-hybridized carbons (Fsp3) is 0.0500. The number of nitrogens with zero attached hydrogens (tertiary/aromatic N) is 2. The molecule has 0 fully saturated rings. The number of hydrogen-bond acceptors (Lipinski definition) is 5. The molecule has 0 aliphatic rings. The lowest BCUT2D eigenvalue weighted by atomic mass is 10.2. The number of fused-ring (bicyclic) bond motifs is 1. The van der Waals surface area contributed by atoms with E-state index >= 15 is 0 Å². The molecule has 0 aliphatic heterocycles. The zero-order chi connectivity index (χ0) is 20.5. The van der Waals surface area contributed by atoms with Crippen molar-refractivity contribution in [3.63, 3.8) is 0 Å². The number of hydrogen-bond donors (Lipinski definition) is 2. The van der Waals surface area contributed by atoms with Gasteiger partial charge in [0.15, 0.2) is 5.75 Å². The first-order valence-electron chi connectivity index (χ1n) is 8.44. The quantitative estimate of drug-likeness (QED) is 0.473. The summed E-state index contributed by atoms with van der Waals surface area (Å²) in [6, 6.07) is 12.2. The molecule has 2 aromatic carbocycles. The Labute approximate surface area is 179 Å². The van der Waals surface area contributed by atoms with E-state index in [4.69, 9.17) is 23.2 Å². The largest absolute Gasteiger partial charge is 0.505 e. The van der Waals surface area contributed by atoms with E-state index in [0.29, 0.717) is 22.4 Å². The molecule has 4 rings (SSSR count). The number of carbonyl (C=O) groups is 1. The zero-order valence-corrected chi connectivity index (χ0v) is 17.1. The molecule has 6 nitrogen and oxygen atoms in total. The molecule has 0 aliphatic carbocycles. The highest BCUT2D eigenvalue weighted by Crippen LogP contribution is 2.33. The fourth-order valence-electron chi connectivity index (χ4n) is 2.84. The molecule has 9 heteroatoms. The van der Waals surface area contributed by atoms with Crippen molar-refractivity contribution in [2.45, 2.75) is 6.54 Å². The van der Waals surface area contributed by atoms with Gasteiger partial charge in [-0.3, -0.25) is 14.2 Å². The number of phenols is 1. The molecule has 0 spiro atoms. The Kier molecular flexibility index (Phi) is 5.27. The van der Waals surface area contributed by atoms with Gasteiger partial charge in [-0.25, -0.2) is 4.98 Å². The number of benzene rings is 2. The number of carbonyl (C=O) groups excluding carboxylic acids is 1. The van der Waals surface area contributed by atoms with Crippen LogP contribution in [0.15, 0.2) is 59.0 Å². The van der Waals surface area contributed by atoms with Gasteiger partial charge in [0.25, 0.3) is 11.5 Å². The first-order chi connectivity index (χ1) is 13.9. The summed E-state index contributed by atoms with van der Waals surface area (Å²) >= 11 is 13.0. The second-order valence-electron chi connectivity index (χ2n) is 6.24. The van der Waals surface area contributed by atoms with Crippen molar-refractivity contribution < 1.29 is 9.90 Å². The Balaban J connectivity index is 1.69. The molecule has 0 atom stereocenters. The number of anilines is 1. The number of rotatable bonds is 4. The number of aromatic hydroxyl groups is 1. The third-order valence-corrected chi connectivity index (χ3v) is 5.75. The summed E-state index contributed by atoms with van der Waals surface area (Å²) in [5.74, 6) is -0.801. The lowest BCUT2D eigenvalue weighted by molar-refractivity contribution is 0.102. The summed E-state index contributed by atoms with van der Waals surface area (Å²) in [4.78, 5) is 30.5. The molecule has 0 bridgehead atoms. The molecule has 29 heavy (non-hydrogen) atoms. The average molecular weight is 446 g/mol. The normalized spacial score (nSPS) is 11.0. The van der Waals surface area contributed by atoms with Crippen LogP contribution < -0.4 is 10.9 Å². The highest BCUT2D eigenvalue weighted by molar-refractivity contribution is 7.17. The van der Waals surface area contributed by atoms with Gasteiger partial charge in [0.05, 0.1) is 28.6 Å². The first kappa shape index (κ1) is 19.4. The molecule has 1 amide bonds. The van der Waals surface area contributed by atoms with Crippen LogP contribution in [0.2, 0.25) is 10.0 Å². The van der Waals surface area contributed by atoms with Gasteiger partial charge in [-0.05, 0) is 17.7 Å². The Morgan fingerprint density at radius 2 is 1.86 bits per heavy atom. The van der Waals surface area contributed by atoms with Gasteiger partial charge in [-0.15, -0.1) is 11.3 Å². The van der Waals surface area contributed by atoms with E-state index in [0.717, 1.165) is 5.56 Å². The van der Waals surface area contributed by atoms with Crippen molar-refractivity contribution in [1.82, 2.24) is 9.55 Å². The van der Waals surface area contributed by atoms with E-state index in [1.807, 2.05) is 30.3 Å². The van der Waals surface area contributed by atoms with Gasteiger partial charge in [0.2, 0.25) is 0 Å². The summed E-state index contributed by atoms with van der Waals surface area (Å²) < 4.78 is 1.49. The fourth-order valence-corrected chi connectivity index (χ4v) is 4.16. The third kappa shape index (κ3) is 3.85. The van der Waals surface area contributed by atoms with Crippen LogP contribution in [0.5, 0.6) is 5.75 Å². The minimum atomic E-state index is -0.508. The van der Waals surface area contributed by atoms with Crippen molar-refractivity contribution in [1.29, 1.82) is 0 Å². The number of phenolic OH excluding ortho intramolecular Hbond substituents is 1. The summed E-state index contributed by atoms with van der Waals surface area (Å²) in [6.07, 6.45) is 1.50. The molecule has 0 unspecified atom stereocenters. The standard InChI is InChI=1S/C20H13Cl2N3O3S/c21-13-6-12(7-14(22)17(13)26)18(27)24-15-9-29-19-16(15)20(28)25(10-23-19)8-11-4-2-1-3-5-11/h1-7,9-10,26H,8H2,(H,24,27). The zero-order valence-electron chi connectivity index (χ0n) is 14.7. The Bertz CT molecular complexity index is 1260. The molecular formula is C20H13Cl2N3O3S. The van der Waals surface area contributed by atoms with Gasteiger partial charge in [0.1, 0.15) is 10.2 Å². The van der Waals surface area contributed by atoms with Gasteiger partial charge < -0.3 is 10.4 Å². The van der Waals surface area contributed by atoms with Crippen molar-refractivity contribution >= 4 is 56.3 Å². The summed E-state index contributed by atoms with van der Waals surface area (Å²) in [6.45, 7) is 0.370. The maximum atomic E-state index is 13.0. The molecule has 4 aromatic rings. The monoisotopic (exact) mass is 445 g/mol. The van der Waals surface area contributed by atoms with Crippen LogP contribution in [0.4, 0.5) is 5.69 Å². The van der Waals surface area contributed by atoms with Crippen LogP contribution in [-0.4, -0.2) is 20.6 Å². The molecule has 0 saturated carbocycles. The summed E-state index contributed by atoms with van der Waals surface area (Å²) in [7, 11) is 0. The molecule has 2 aromatic heterocycles. The van der Waals surface area contributed by atoms with Crippen LogP contribution in [0, 0.1) is 0 Å². The van der Waals surface area contributed by atoms with Gasteiger partial charge in [0, 0.05) is 10.9 Å². The van der Waals surface area contributed by atoms with Gasteiger partial charge in [-0.1, -0.05) is 53.5 Å². The van der Waals surface area contributed by atoms with E-state index in [2.05, 4.69) is 10.3 Å². The minimum Gasteiger partial charge on any atom is -0.505 e. The molecular weight excluding hydrogens is 433 g/mol. The summed E-state index contributed by atoms with van der Waals surface area (Å²) in [5, 5.41) is 14.3.